The van der Waals surface area contributed by atoms with Gasteiger partial charge in [-0.2, -0.15) is 0 Å². The number of Topliss-reactive ketones (excluding diaryl/α,β-unsaturated/α-hetero) is 1. The van der Waals surface area contributed by atoms with E-state index in [1.807, 2.05) is 59.2 Å². The molecule has 0 unspecified atom stereocenters. The number of nitrogens with zero attached hydrogens (tertiary/aromatic N) is 5. The van der Waals surface area contributed by atoms with Crippen molar-refractivity contribution in [2.45, 2.75) is 13.0 Å². The Labute approximate surface area is 229 Å². The van der Waals surface area contributed by atoms with Crippen LogP contribution in [0.25, 0.3) is 11.1 Å². The number of hydrogen-bond donors (Lipinski definition) is 2. The van der Waals surface area contributed by atoms with Crippen molar-refractivity contribution in [2.75, 3.05) is 40.1 Å². The summed E-state index contributed by atoms with van der Waals surface area (Å²) < 4.78 is 15.0. The maximum Gasteiger partial charge on any atom is 0.298 e. The smallest absolute Gasteiger partial charge is 0.298 e. The summed E-state index contributed by atoms with van der Waals surface area (Å²) >= 11 is 0. The summed E-state index contributed by atoms with van der Waals surface area (Å²) in [6.07, 6.45) is 2.21. The Bertz CT molecular complexity index is 1640. The lowest BCUT2D eigenvalue weighted by Gasteiger charge is -2.45. The fourth-order valence-electron chi connectivity index (χ4n) is 5.27. The highest BCUT2D eigenvalue weighted by Crippen LogP contribution is 2.36. The van der Waals surface area contributed by atoms with Gasteiger partial charge in [0.2, 0.25) is 11.9 Å². The second kappa shape index (κ2) is 9.92. The van der Waals surface area contributed by atoms with Crippen molar-refractivity contribution in [1.29, 1.82) is 0 Å². The lowest BCUT2D eigenvalue weighted by atomic mass is 10.0. The first-order chi connectivity index (χ1) is 19.3. The van der Waals surface area contributed by atoms with Crippen molar-refractivity contribution >= 4 is 40.6 Å². The number of carbonyl (C=O) groups is 3. The molecule has 0 bridgehead atoms. The molecule has 2 aromatic heterocycles. The predicted octanol–water partition coefficient (Wildman–Crippen LogP) is 3.40. The van der Waals surface area contributed by atoms with E-state index in [1.165, 1.54) is 0 Å². The van der Waals surface area contributed by atoms with Gasteiger partial charge in [-0.1, -0.05) is 30.3 Å². The average molecular weight is 540 g/mol. The zero-order valence-corrected chi connectivity index (χ0v) is 21.9. The highest BCUT2D eigenvalue weighted by Gasteiger charge is 2.38. The van der Waals surface area contributed by atoms with Crippen LogP contribution in [0.4, 0.5) is 27.4 Å². The molecular formula is C29H26FN7O3. The van der Waals surface area contributed by atoms with Crippen LogP contribution in [-0.2, 0) is 16.6 Å². The van der Waals surface area contributed by atoms with Crippen LogP contribution in [0.2, 0.25) is 0 Å². The largest absolute Gasteiger partial charge is 0.355 e. The third-order valence-electron chi connectivity index (χ3n) is 7.37. The average Bonchev–Trinajstić information content (AvgIpc) is 3.27. The van der Waals surface area contributed by atoms with Crippen LogP contribution in [0.3, 0.4) is 0 Å². The Kier molecular flexibility index (Phi) is 6.25. The molecule has 0 aliphatic carbocycles. The Morgan fingerprint density at radius 2 is 1.80 bits per heavy atom. The molecule has 0 radical (unpaired) electrons. The molecule has 10 nitrogen and oxygen atoms in total. The number of halogens is 1. The first-order valence-corrected chi connectivity index (χ1v) is 12.8. The number of piperazine rings is 1. The quantitative estimate of drug-likeness (QED) is 0.295. The normalized spacial score (nSPS) is 16.2. The number of carbonyl (C=O) groups excluding carboxylic acids is 3. The Balaban J connectivity index is 1.20. The van der Waals surface area contributed by atoms with Crippen LogP contribution >= 0.6 is 0 Å². The number of ketones is 1. The summed E-state index contributed by atoms with van der Waals surface area (Å²) in [6, 6.07) is 16.0. The summed E-state index contributed by atoms with van der Waals surface area (Å²) in [5.41, 5.74) is 4.43. The van der Waals surface area contributed by atoms with Crippen LogP contribution in [-0.4, -0.2) is 57.8 Å². The number of nitrogens with one attached hydrogen (secondary N) is 2. The van der Waals surface area contributed by atoms with Gasteiger partial charge < -0.3 is 25.0 Å². The van der Waals surface area contributed by atoms with Gasteiger partial charge in [0, 0.05) is 37.1 Å². The van der Waals surface area contributed by atoms with Gasteiger partial charge in [-0.05, 0) is 36.8 Å². The van der Waals surface area contributed by atoms with Crippen LogP contribution in [0.1, 0.15) is 16.2 Å². The molecule has 2 aromatic carbocycles. The van der Waals surface area contributed by atoms with E-state index < -0.39 is 23.5 Å². The van der Waals surface area contributed by atoms with Crippen LogP contribution < -0.4 is 20.4 Å². The summed E-state index contributed by atoms with van der Waals surface area (Å²) in [5, 5.41) is 5.61. The fraction of sp³-hybridized carbons (Fsp3) is 0.207. The predicted molar refractivity (Wildman–Crippen MR) is 149 cm³/mol. The fourth-order valence-corrected chi connectivity index (χ4v) is 5.27. The molecule has 0 spiro atoms. The second-order valence-electron chi connectivity index (χ2n) is 9.83. The van der Waals surface area contributed by atoms with E-state index in [0.717, 1.165) is 29.3 Å². The van der Waals surface area contributed by atoms with E-state index in [4.69, 9.17) is 0 Å². The molecule has 2 N–H and O–H groups in total. The summed E-state index contributed by atoms with van der Waals surface area (Å²) in [7, 11) is 1.76. The van der Waals surface area contributed by atoms with Crippen LogP contribution in [0, 0.1) is 12.7 Å². The Morgan fingerprint density at radius 3 is 2.55 bits per heavy atom. The van der Waals surface area contributed by atoms with E-state index in [1.54, 1.807) is 23.7 Å². The number of anilines is 4. The number of aromatic nitrogens is 3. The molecule has 11 heteroatoms. The molecule has 4 heterocycles. The molecule has 202 valence electrons. The van der Waals surface area contributed by atoms with Gasteiger partial charge in [0.1, 0.15) is 11.7 Å². The van der Waals surface area contributed by atoms with Crippen molar-refractivity contribution in [3.05, 3.63) is 84.2 Å². The van der Waals surface area contributed by atoms with Gasteiger partial charge in [-0.3, -0.25) is 14.4 Å². The summed E-state index contributed by atoms with van der Waals surface area (Å²) in [5.74, 6) is -1.80. The third kappa shape index (κ3) is 4.45. The van der Waals surface area contributed by atoms with E-state index in [9.17, 15) is 18.8 Å². The Morgan fingerprint density at radius 1 is 1.05 bits per heavy atom. The second-order valence-corrected chi connectivity index (χ2v) is 9.83. The minimum absolute atomic E-state index is 0.217. The van der Waals surface area contributed by atoms with Crippen LogP contribution in [0.15, 0.2) is 67.0 Å². The molecule has 1 saturated heterocycles. The van der Waals surface area contributed by atoms with Crippen molar-refractivity contribution in [3.8, 4) is 11.1 Å². The summed E-state index contributed by atoms with van der Waals surface area (Å²) in [6.45, 7) is 3.28. The van der Waals surface area contributed by atoms with E-state index in [2.05, 4.69) is 20.6 Å². The number of rotatable bonds is 5. The molecule has 4 aromatic rings. The molecule has 1 fully saturated rings. The molecule has 6 rings (SSSR count). The lowest BCUT2D eigenvalue weighted by molar-refractivity contribution is -0.117. The maximum absolute atomic E-state index is 13.3. The van der Waals surface area contributed by atoms with E-state index in [-0.39, 0.29) is 5.91 Å². The highest BCUT2D eigenvalue weighted by molar-refractivity contribution is 6.47. The first-order valence-electron chi connectivity index (χ1n) is 12.8. The lowest BCUT2D eigenvalue weighted by Crippen LogP contribution is -2.60. The zero-order chi connectivity index (χ0) is 28.0. The van der Waals surface area contributed by atoms with Gasteiger partial charge in [-0.25, -0.2) is 14.4 Å². The van der Waals surface area contributed by atoms with Gasteiger partial charge in [0.25, 0.3) is 11.7 Å². The van der Waals surface area contributed by atoms with Gasteiger partial charge in [-0.15, -0.1) is 0 Å². The monoisotopic (exact) mass is 539 g/mol. The molecule has 0 saturated carbocycles. The van der Waals surface area contributed by atoms with Gasteiger partial charge in [0.15, 0.2) is 5.82 Å². The number of hydrogen-bond acceptors (Lipinski definition) is 7. The van der Waals surface area contributed by atoms with Gasteiger partial charge in [0.05, 0.1) is 30.3 Å². The SMILES string of the molecule is Cc1cc(-c2ccccc2)c(C(=O)C(=O)Nc2ccc3c(c2)NC(=O)[C@@H]2CN(c4ncc(F)cn4)CCN32)n1C. The number of fused-ring (bicyclic) bond motifs is 3. The van der Waals surface area contributed by atoms with Crippen molar-refractivity contribution in [2.24, 2.45) is 7.05 Å². The Hall–Kier alpha value is -5.06. The zero-order valence-electron chi connectivity index (χ0n) is 21.9. The molecule has 1 atom stereocenters. The minimum Gasteiger partial charge on any atom is -0.355 e. The maximum atomic E-state index is 13.3. The molecule has 2 aliphatic rings. The first kappa shape index (κ1) is 25.2. The standard InChI is InChI=1S/C29H26FN7O3/c1-17-12-21(18-6-4-3-5-7-18)25(35(17)2)26(38)28(40)33-20-8-9-23-22(13-20)34-27(39)24-16-36(10-11-37(23)24)29-31-14-19(30)15-32-29/h3-9,12-15,24H,10-11,16H2,1-2H3,(H,33,40)(H,34,39)/t24-/m0/s1. The topological polar surface area (TPSA) is 112 Å². The molecule has 2 amide bonds. The van der Waals surface area contributed by atoms with E-state index in [0.29, 0.717) is 48.2 Å². The van der Waals surface area contributed by atoms with E-state index >= 15 is 0 Å². The van der Waals surface area contributed by atoms with Crippen molar-refractivity contribution < 1.29 is 18.8 Å². The summed E-state index contributed by atoms with van der Waals surface area (Å²) in [4.78, 5) is 51.4. The minimum atomic E-state index is -0.772. The van der Waals surface area contributed by atoms with Crippen molar-refractivity contribution in [3.63, 3.8) is 0 Å². The third-order valence-corrected chi connectivity index (χ3v) is 7.37. The molecule has 40 heavy (non-hydrogen) atoms. The van der Waals surface area contributed by atoms with Gasteiger partial charge >= 0.3 is 0 Å². The van der Waals surface area contributed by atoms with Crippen LogP contribution in [0.5, 0.6) is 0 Å². The molecule has 2 aliphatic heterocycles. The van der Waals surface area contributed by atoms with Crippen molar-refractivity contribution in [1.82, 2.24) is 14.5 Å². The highest BCUT2D eigenvalue weighted by atomic mass is 19.1. The number of aryl methyl sites for hydroxylation is 1. The molecular weight excluding hydrogens is 513 g/mol. The number of benzene rings is 2. The number of amides is 2.